The Bertz CT molecular complexity index is 873. The second-order valence-electron chi connectivity index (χ2n) is 5.20. The van der Waals surface area contributed by atoms with Crippen LogP contribution < -0.4 is 0 Å². The van der Waals surface area contributed by atoms with E-state index < -0.39 is 5.97 Å². The van der Waals surface area contributed by atoms with E-state index in [4.69, 9.17) is 11.6 Å². The quantitative estimate of drug-likeness (QED) is 0.720. The van der Waals surface area contributed by atoms with Crippen molar-refractivity contribution in [3.63, 3.8) is 0 Å². The van der Waals surface area contributed by atoms with Crippen molar-refractivity contribution in [3.05, 3.63) is 74.7 Å². The maximum atomic E-state index is 11.3. The van der Waals surface area contributed by atoms with Gasteiger partial charge in [0.25, 0.3) is 0 Å². The average Bonchev–Trinajstić information content (AvgIpc) is 2.88. The highest BCUT2D eigenvalue weighted by Crippen LogP contribution is 2.26. The minimum absolute atomic E-state index is 0.315. The normalized spacial score (nSPS) is 10.7. The third kappa shape index (κ3) is 3.60. The first-order valence-electron chi connectivity index (χ1n) is 7.07. The molecule has 0 aliphatic heterocycles. The number of nitrogens with zero attached hydrogens (tertiary/aromatic N) is 1. The van der Waals surface area contributed by atoms with Crippen molar-refractivity contribution in [1.82, 2.24) is 4.98 Å². The van der Waals surface area contributed by atoms with Crippen molar-refractivity contribution < 1.29 is 9.90 Å². The highest BCUT2D eigenvalue weighted by atomic mass is 35.5. The molecule has 0 saturated heterocycles. The maximum absolute atomic E-state index is 11.3. The SMILES string of the molecule is Cc1nc(Cc2cccc(-c3cccc(Cl)c3)c2)c(C(=O)O)s1. The first-order valence-corrected chi connectivity index (χ1v) is 8.27. The number of aromatic carboxylic acids is 1. The molecule has 3 aromatic rings. The van der Waals surface area contributed by atoms with E-state index in [-0.39, 0.29) is 0 Å². The number of hydrogen-bond donors (Lipinski definition) is 1. The van der Waals surface area contributed by atoms with E-state index in [1.54, 1.807) is 0 Å². The van der Waals surface area contributed by atoms with Crippen LogP contribution in [-0.2, 0) is 6.42 Å². The molecule has 1 N–H and O–H groups in total. The number of carbonyl (C=O) groups is 1. The molecule has 0 saturated carbocycles. The van der Waals surface area contributed by atoms with Crippen LogP contribution in [0.2, 0.25) is 5.02 Å². The molecular formula is C18H14ClNO2S. The monoisotopic (exact) mass is 343 g/mol. The van der Waals surface area contributed by atoms with Gasteiger partial charge < -0.3 is 5.11 Å². The number of hydrogen-bond acceptors (Lipinski definition) is 3. The number of carboxylic acid groups (broad SMARTS) is 1. The highest BCUT2D eigenvalue weighted by Gasteiger charge is 2.16. The van der Waals surface area contributed by atoms with E-state index in [9.17, 15) is 9.90 Å². The molecule has 0 amide bonds. The van der Waals surface area contributed by atoms with Gasteiger partial charge in [-0.05, 0) is 35.7 Å². The van der Waals surface area contributed by atoms with Gasteiger partial charge in [-0.15, -0.1) is 11.3 Å². The molecule has 0 unspecified atom stereocenters. The molecule has 3 rings (SSSR count). The molecule has 0 bridgehead atoms. The summed E-state index contributed by atoms with van der Waals surface area (Å²) in [6.45, 7) is 1.82. The topological polar surface area (TPSA) is 50.2 Å². The van der Waals surface area contributed by atoms with Crippen molar-refractivity contribution in [2.75, 3.05) is 0 Å². The molecule has 0 atom stereocenters. The van der Waals surface area contributed by atoms with Gasteiger partial charge in [-0.3, -0.25) is 0 Å². The Hall–Kier alpha value is -2.17. The van der Waals surface area contributed by atoms with Crippen molar-refractivity contribution in [2.45, 2.75) is 13.3 Å². The maximum Gasteiger partial charge on any atom is 0.347 e. The van der Waals surface area contributed by atoms with Crippen molar-refractivity contribution in [3.8, 4) is 11.1 Å². The molecule has 5 heteroatoms. The standard InChI is InChI=1S/C18H14ClNO2S/c1-11-20-16(17(23-11)18(21)22)9-12-4-2-5-13(8-12)14-6-3-7-15(19)10-14/h2-8,10H,9H2,1H3,(H,21,22). The van der Waals surface area contributed by atoms with Gasteiger partial charge in [0.2, 0.25) is 0 Å². The number of halogens is 1. The lowest BCUT2D eigenvalue weighted by Gasteiger charge is -2.06. The molecule has 0 aliphatic rings. The molecule has 116 valence electrons. The van der Waals surface area contributed by atoms with Crippen LogP contribution in [0.25, 0.3) is 11.1 Å². The van der Waals surface area contributed by atoms with Gasteiger partial charge in [-0.2, -0.15) is 0 Å². The molecule has 1 heterocycles. The Morgan fingerprint density at radius 2 is 1.87 bits per heavy atom. The Labute approximate surface area is 143 Å². The molecule has 0 radical (unpaired) electrons. The number of aryl methyl sites for hydroxylation is 1. The van der Waals surface area contributed by atoms with Gasteiger partial charge >= 0.3 is 5.97 Å². The number of rotatable bonds is 4. The lowest BCUT2D eigenvalue weighted by molar-refractivity contribution is 0.0701. The summed E-state index contributed by atoms with van der Waals surface area (Å²) in [6.07, 6.45) is 0.500. The summed E-state index contributed by atoms with van der Waals surface area (Å²) in [5, 5.41) is 10.7. The number of thiazole rings is 1. The van der Waals surface area contributed by atoms with Gasteiger partial charge in [-0.25, -0.2) is 9.78 Å². The van der Waals surface area contributed by atoms with Crippen molar-refractivity contribution in [2.24, 2.45) is 0 Å². The second-order valence-corrected chi connectivity index (χ2v) is 6.84. The molecule has 0 spiro atoms. The fourth-order valence-corrected chi connectivity index (χ4v) is 3.44. The molecule has 0 aliphatic carbocycles. The van der Waals surface area contributed by atoms with Gasteiger partial charge in [0, 0.05) is 11.4 Å². The van der Waals surface area contributed by atoms with Gasteiger partial charge in [0.05, 0.1) is 10.7 Å². The zero-order chi connectivity index (χ0) is 16.4. The summed E-state index contributed by atoms with van der Waals surface area (Å²) in [5.74, 6) is -0.920. The largest absolute Gasteiger partial charge is 0.477 e. The fourth-order valence-electron chi connectivity index (χ4n) is 2.48. The summed E-state index contributed by atoms with van der Waals surface area (Å²) < 4.78 is 0. The van der Waals surface area contributed by atoms with Gasteiger partial charge in [0.1, 0.15) is 4.88 Å². The Morgan fingerprint density at radius 3 is 2.57 bits per heavy atom. The first kappa shape index (κ1) is 15.7. The van der Waals surface area contributed by atoms with E-state index >= 15 is 0 Å². The Morgan fingerprint density at radius 1 is 1.17 bits per heavy atom. The predicted molar refractivity (Wildman–Crippen MR) is 93.5 cm³/mol. The zero-order valence-electron chi connectivity index (χ0n) is 12.4. The number of benzene rings is 2. The Kier molecular flexibility index (Phi) is 4.46. The van der Waals surface area contributed by atoms with E-state index in [1.165, 1.54) is 11.3 Å². The second kappa shape index (κ2) is 6.52. The van der Waals surface area contributed by atoms with E-state index in [1.807, 2.05) is 55.5 Å². The molecule has 3 nitrogen and oxygen atoms in total. The molecule has 0 fully saturated rings. The van der Waals surface area contributed by atoms with Crippen LogP contribution >= 0.6 is 22.9 Å². The van der Waals surface area contributed by atoms with Crippen LogP contribution in [0, 0.1) is 6.92 Å². The van der Waals surface area contributed by atoms with Crippen molar-refractivity contribution >= 4 is 28.9 Å². The smallest absolute Gasteiger partial charge is 0.347 e. The van der Waals surface area contributed by atoms with Crippen molar-refractivity contribution in [1.29, 1.82) is 0 Å². The summed E-state index contributed by atoms with van der Waals surface area (Å²) >= 11 is 7.26. The van der Waals surface area contributed by atoms with Crippen LogP contribution in [0.4, 0.5) is 0 Å². The minimum Gasteiger partial charge on any atom is -0.477 e. The summed E-state index contributed by atoms with van der Waals surface area (Å²) in [5.41, 5.74) is 3.72. The summed E-state index contributed by atoms with van der Waals surface area (Å²) in [6, 6.07) is 15.7. The summed E-state index contributed by atoms with van der Waals surface area (Å²) in [4.78, 5) is 16.0. The van der Waals surface area contributed by atoms with E-state index in [2.05, 4.69) is 4.98 Å². The first-order chi connectivity index (χ1) is 11.0. The fraction of sp³-hybridized carbons (Fsp3) is 0.111. The third-order valence-corrected chi connectivity index (χ3v) is 4.69. The minimum atomic E-state index is -0.920. The molecular weight excluding hydrogens is 330 g/mol. The summed E-state index contributed by atoms with van der Waals surface area (Å²) in [7, 11) is 0. The molecule has 23 heavy (non-hydrogen) atoms. The van der Waals surface area contributed by atoms with Crippen LogP contribution in [-0.4, -0.2) is 16.1 Å². The highest BCUT2D eigenvalue weighted by molar-refractivity contribution is 7.13. The van der Waals surface area contributed by atoms with E-state index in [0.29, 0.717) is 22.0 Å². The number of carboxylic acids is 1. The van der Waals surface area contributed by atoms with E-state index in [0.717, 1.165) is 21.7 Å². The predicted octanol–water partition coefficient (Wildman–Crippen LogP) is 5.06. The van der Waals surface area contributed by atoms with Crippen LogP contribution in [0.15, 0.2) is 48.5 Å². The van der Waals surface area contributed by atoms with Crippen LogP contribution in [0.3, 0.4) is 0 Å². The average molecular weight is 344 g/mol. The molecule has 2 aromatic carbocycles. The molecule has 1 aromatic heterocycles. The lowest BCUT2D eigenvalue weighted by atomic mass is 10.0. The van der Waals surface area contributed by atoms with Crippen LogP contribution in [0.1, 0.15) is 25.9 Å². The number of aromatic nitrogens is 1. The zero-order valence-corrected chi connectivity index (χ0v) is 14.0. The lowest BCUT2D eigenvalue weighted by Crippen LogP contribution is -2.00. The van der Waals surface area contributed by atoms with Crippen LogP contribution in [0.5, 0.6) is 0 Å². The third-order valence-electron chi connectivity index (χ3n) is 3.46. The van der Waals surface area contributed by atoms with Gasteiger partial charge in [-0.1, -0.05) is 48.0 Å². The Balaban J connectivity index is 1.93. The van der Waals surface area contributed by atoms with Gasteiger partial charge in [0.15, 0.2) is 0 Å².